The van der Waals surface area contributed by atoms with Crippen LogP contribution in [-0.2, 0) is 27.7 Å². The number of hydrogen-bond acceptors (Lipinski definition) is 4. The normalized spacial score (nSPS) is 21.1. The van der Waals surface area contributed by atoms with Crippen LogP contribution >= 0.6 is 0 Å². The van der Waals surface area contributed by atoms with Crippen LogP contribution in [-0.4, -0.2) is 43.5 Å². The van der Waals surface area contributed by atoms with E-state index in [0.29, 0.717) is 12.5 Å². The molecule has 2 heterocycles. The molecule has 2 rings (SSSR count). The molecule has 0 spiro atoms. The van der Waals surface area contributed by atoms with E-state index in [2.05, 4.69) is 14.3 Å². The number of nitrogens with one attached hydrogen (secondary N) is 1. The fraction of sp³-hybridized carbons (Fsp3) is 0.750. The third kappa shape index (κ3) is 3.55. The third-order valence-corrected chi connectivity index (χ3v) is 5.30. The van der Waals surface area contributed by atoms with Crippen molar-refractivity contribution in [1.82, 2.24) is 14.3 Å². The molecule has 0 fully saturated rings. The number of nitrogens with zero attached hydrogens (tertiary/aromatic N) is 2. The molecule has 1 N–H and O–H groups in total. The van der Waals surface area contributed by atoms with Crippen LogP contribution in [0.15, 0.2) is 12.4 Å². The Kier molecular flexibility index (Phi) is 4.59. The first-order valence-corrected chi connectivity index (χ1v) is 8.05. The van der Waals surface area contributed by atoms with E-state index in [4.69, 9.17) is 4.74 Å². The lowest BCUT2D eigenvalue weighted by Gasteiger charge is -2.24. The van der Waals surface area contributed by atoms with Crippen molar-refractivity contribution in [2.45, 2.75) is 31.6 Å². The summed E-state index contributed by atoms with van der Waals surface area (Å²) in [5.41, 5.74) is 0. The van der Waals surface area contributed by atoms with E-state index < -0.39 is 15.3 Å². The zero-order valence-corrected chi connectivity index (χ0v) is 12.2. The number of aromatic nitrogens is 2. The van der Waals surface area contributed by atoms with Crippen molar-refractivity contribution in [3.05, 3.63) is 18.2 Å². The molecule has 2 atom stereocenters. The van der Waals surface area contributed by atoms with Gasteiger partial charge in [0, 0.05) is 39.0 Å². The zero-order chi connectivity index (χ0) is 13.9. The highest BCUT2D eigenvalue weighted by Crippen LogP contribution is 2.18. The van der Waals surface area contributed by atoms with Gasteiger partial charge in [0.15, 0.2) is 0 Å². The Morgan fingerprint density at radius 2 is 2.42 bits per heavy atom. The van der Waals surface area contributed by atoms with Gasteiger partial charge in [0.1, 0.15) is 5.82 Å². The first-order chi connectivity index (χ1) is 9.03. The van der Waals surface area contributed by atoms with Gasteiger partial charge in [-0.2, -0.15) is 0 Å². The predicted octanol–water partition coefficient (Wildman–Crippen LogP) is 0.400. The Labute approximate surface area is 114 Å². The fourth-order valence-corrected chi connectivity index (χ4v) is 3.37. The maximum absolute atomic E-state index is 11.9. The maximum atomic E-state index is 11.9. The SMILES string of the molecule is COC[C@@H](C)S(=O)(=O)NC[C@@H]1CCc2nccn2C1. The van der Waals surface area contributed by atoms with E-state index in [1.165, 1.54) is 7.11 Å². The minimum absolute atomic E-state index is 0.214. The highest BCUT2D eigenvalue weighted by Gasteiger charge is 2.24. The lowest BCUT2D eigenvalue weighted by molar-refractivity contribution is 0.200. The molecule has 0 saturated carbocycles. The summed E-state index contributed by atoms with van der Waals surface area (Å²) in [6.07, 6.45) is 5.62. The smallest absolute Gasteiger partial charge is 0.216 e. The van der Waals surface area contributed by atoms with Crippen molar-refractivity contribution in [2.75, 3.05) is 20.3 Å². The summed E-state index contributed by atoms with van der Waals surface area (Å²) in [7, 11) is -1.78. The number of imidazole rings is 1. The lowest BCUT2D eigenvalue weighted by Crippen LogP contribution is -2.39. The molecule has 1 aliphatic rings. The van der Waals surface area contributed by atoms with Gasteiger partial charge in [-0.1, -0.05) is 0 Å². The van der Waals surface area contributed by atoms with Gasteiger partial charge in [-0.3, -0.25) is 0 Å². The predicted molar refractivity (Wildman–Crippen MR) is 72.3 cm³/mol. The van der Waals surface area contributed by atoms with Crippen LogP contribution in [0, 0.1) is 5.92 Å². The summed E-state index contributed by atoms with van der Waals surface area (Å²) in [6, 6.07) is 0. The van der Waals surface area contributed by atoms with Crippen LogP contribution in [0.5, 0.6) is 0 Å². The fourth-order valence-electron chi connectivity index (χ4n) is 2.30. The standard InChI is InChI=1S/C12H21N3O3S/c1-10(9-18-2)19(16,17)14-7-11-3-4-12-13-5-6-15(12)8-11/h5-6,10-11,14H,3-4,7-9H2,1-2H3/t10-,11+/m1/s1. The molecule has 7 heteroatoms. The molecule has 0 aromatic carbocycles. The van der Waals surface area contributed by atoms with Crippen molar-refractivity contribution in [3.63, 3.8) is 0 Å². The summed E-state index contributed by atoms with van der Waals surface area (Å²) in [5, 5.41) is -0.523. The second-order valence-electron chi connectivity index (χ2n) is 5.06. The van der Waals surface area contributed by atoms with Crippen LogP contribution < -0.4 is 4.72 Å². The zero-order valence-electron chi connectivity index (χ0n) is 11.4. The Balaban J connectivity index is 1.87. The Morgan fingerprint density at radius 3 is 3.16 bits per heavy atom. The van der Waals surface area contributed by atoms with E-state index >= 15 is 0 Å². The van der Waals surface area contributed by atoms with Gasteiger partial charge in [-0.15, -0.1) is 0 Å². The summed E-state index contributed by atoms with van der Waals surface area (Å²) in [6.45, 7) is 3.18. The summed E-state index contributed by atoms with van der Waals surface area (Å²) in [4.78, 5) is 4.26. The molecule has 0 bridgehead atoms. The van der Waals surface area contributed by atoms with E-state index in [1.54, 1.807) is 13.1 Å². The van der Waals surface area contributed by atoms with Gasteiger partial charge < -0.3 is 9.30 Å². The molecule has 19 heavy (non-hydrogen) atoms. The van der Waals surface area contributed by atoms with E-state index in [9.17, 15) is 8.42 Å². The van der Waals surface area contributed by atoms with Crippen molar-refractivity contribution < 1.29 is 13.2 Å². The number of aryl methyl sites for hydroxylation is 1. The minimum atomic E-state index is -3.29. The van der Waals surface area contributed by atoms with Gasteiger partial charge in [-0.05, 0) is 19.3 Å². The molecular formula is C12H21N3O3S. The van der Waals surface area contributed by atoms with Crippen LogP contribution in [0.1, 0.15) is 19.2 Å². The second kappa shape index (κ2) is 6.02. The van der Waals surface area contributed by atoms with Crippen LogP contribution in [0.3, 0.4) is 0 Å². The molecule has 1 aliphatic heterocycles. The first-order valence-electron chi connectivity index (χ1n) is 6.50. The largest absolute Gasteiger partial charge is 0.383 e. The molecule has 6 nitrogen and oxygen atoms in total. The Hall–Kier alpha value is -0.920. The average molecular weight is 287 g/mol. The van der Waals surface area contributed by atoms with Gasteiger partial charge in [0.2, 0.25) is 10.0 Å². The summed E-state index contributed by atoms with van der Waals surface area (Å²) in [5.74, 6) is 1.41. The van der Waals surface area contributed by atoms with Crippen LogP contribution in [0.25, 0.3) is 0 Å². The van der Waals surface area contributed by atoms with E-state index in [1.807, 2.05) is 6.20 Å². The molecule has 0 saturated heterocycles. The molecule has 0 radical (unpaired) electrons. The summed E-state index contributed by atoms with van der Waals surface area (Å²) < 4.78 is 33.6. The number of sulfonamides is 1. The third-order valence-electron chi connectivity index (χ3n) is 3.54. The van der Waals surface area contributed by atoms with Crippen molar-refractivity contribution in [2.24, 2.45) is 5.92 Å². The lowest BCUT2D eigenvalue weighted by atomic mass is 10.00. The quantitative estimate of drug-likeness (QED) is 0.822. The van der Waals surface area contributed by atoms with Crippen molar-refractivity contribution in [1.29, 1.82) is 0 Å². The number of methoxy groups -OCH3 is 1. The minimum Gasteiger partial charge on any atom is -0.383 e. The first kappa shape index (κ1) is 14.5. The van der Waals surface area contributed by atoms with E-state index in [0.717, 1.165) is 25.2 Å². The van der Waals surface area contributed by atoms with Crippen molar-refractivity contribution in [3.8, 4) is 0 Å². The topological polar surface area (TPSA) is 73.2 Å². The highest BCUT2D eigenvalue weighted by molar-refractivity contribution is 7.90. The van der Waals surface area contributed by atoms with Gasteiger partial charge in [-0.25, -0.2) is 18.1 Å². The number of rotatable bonds is 6. The second-order valence-corrected chi connectivity index (χ2v) is 7.24. The number of ether oxygens (including phenoxy) is 1. The van der Waals surface area contributed by atoms with Gasteiger partial charge in [0.25, 0.3) is 0 Å². The molecule has 1 aromatic rings. The Bertz CT molecular complexity index is 512. The molecule has 0 amide bonds. The number of hydrogen-bond donors (Lipinski definition) is 1. The monoisotopic (exact) mass is 287 g/mol. The molecular weight excluding hydrogens is 266 g/mol. The van der Waals surface area contributed by atoms with Crippen molar-refractivity contribution >= 4 is 10.0 Å². The molecule has 0 unspecified atom stereocenters. The van der Waals surface area contributed by atoms with Gasteiger partial charge >= 0.3 is 0 Å². The van der Waals surface area contributed by atoms with Crippen LogP contribution in [0.4, 0.5) is 0 Å². The molecule has 108 valence electrons. The van der Waals surface area contributed by atoms with Crippen LogP contribution in [0.2, 0.25) is 0 Å². The maximum Gasteiger partial charge on any atom is 0.216 e. The number of fused-ring (bicyclic) bond motifs is 1. The average Bonchev–Trinajstić information content (AvgIpc) is 2.84. The highest BCUT2D eigenvalue weighted by atomic mass is 32.2. The summed E-state index contributed by atoms with van der Waals surface area (Å²) >= 11 is 0. The molecule has 0 aliphatic carbocycles. The Morgan fingerprint density at radius 1 is 1.63 bits per heavy atom. The molecule has 1 aromatic heterocycles. The van der Waals surface area contributed by atoms with Gasteiger partial charge in [0.05, 0.1) is 11.9 Å². The van der Waals surface area contributed by atoms with E-state index in [-0.39, 0.29) is 6.61 Å².